The molecule has 0 atom stereocenters. The second-order valence-corrected chi connectivity index (χ2v) is 5.05. The molecule has 24 heavy (non-hydrogen) atoms. The van der Waals surface area contributed by atoms with Gasteiger partial charge in [0.15, 0.2) is 6.61 Å². The van der Waals surface area contributed by atoms with Gasteiger partial charge in [0, 0.05) is 13.0 Å². The van der Waals surface area contributed by atoms with Crippen molar-refractivity contribution in [3.8, 4) is 12.3 Å². The fraction of sp³-hybridized carbons (Fsp3) is 0.294. The van der Waals surface area contributed by atoms with Crippen LogP contribution in [0.25, 0.3) is 0 Å². The molecule has 124 valence electrons. The highest BCUT2D eigenvalue weighted by molar-refractivity contribution is 6.21. The van der Waals surface area contributed by atoms with E-state index in [0.29, 0.717) is 11.1 Å². The first-order chi connectivity index (χ1) is 11.5. The minimum atomic E-state index is -0.581. The SMILES string of the molecule is C#CCNC(=O)COC(=O)CCCN1C(=O)c2ccccc2C1=O. The van der Waals surface area contributed by atoms with Crippen molar-refractivity contribution in [2.75, 3.05) is 19.7 Å². The lowest BCUT2D eigenvalue weighted by Gasteiger charge is -2.13. The van der Waals surface area contributed by atoms with E-state index in [0.717, 1.165) is 4.90 Å². The van der Waals surface area contributed by atoms with Gasteiger partial charge in [-0.3, -0.25) is 24.1 Å². The zero-order valence-corrected chi connectivity index (χ0v) is 12.9. The van der Waals surface area contributed by atoms with Gasteiger partial charge in [0.2, 0.25) is 0 Å². The van der Waals surface area contributed by atoms with E-state index in [-0.39, 0.29) is 37.7 Å². The normalized spacial score (nSPS) is 12.5. The number of benzene rings is 1. The molecule has 2 rings (SSSR count). The molecular formula is C17H16N2O5. The van der Waals surface area contributed by atoms with Crippen LogP contribution in [-0.4, -0.2) is 48.3 Å². The predicted octanol–water partition coefficient (Wildman–Crippen LogP) is 0.355. The van der Waals surface area contributed by atoms with E-state index in [1.807, 2.05) is 0 Å². The maximum absolute atomic E-state index is 12.1. The second kappa shape index (κ2) is 7.92. The van der Waals surface area contributed by atoms with Crippen molar-refractivity contribution in [3.63, 3.8) is 0 Å². The van der Waals surface area contributed by atoms with Crippen LogP contribution >= 0.6 is 0 Å². The number of carbonyl (C=O) groups excluding carboxylic acids is 4. The monoisotopic (exact) mass is 328 g/mol. The van der Waals surface area contributed by atoms with Gasteiger partial charge in [-0.15, -0.1) is 6.42 Å². The van der Waals surface area contributed by atoms with Crippen LogP contribution in [0.4, 0.5) is 0 Å². The van der Waals surface area contributed by atoms with Crippen molar-refractivity contribution >= 4 is 23.7 Å². The predicted molar refractivity (Wildman–Crippen MR) is 83.8 cm³/mol. The molecule has 1 N–H and O–H groups in total. The van der Waals surface area contributed by atoms with Gasteiger partial charge in [-0.1, -0.05) is 18.1 Å². The number of nitrogens with zero attached hydrogens (tertiary/aromatic N) is 1. The number of nitrogens with one attached hydrogen (secondary N) is 1. The fourth-order valence-electron chi connectivity index (χ4n) is 2.24. The smallest absolute Gasteiger partial charge is 0.306 e. The number of hydrogen-bond acceptors (Lipinski definition) is 5. The van der Waals surface area contributed by atoms with Gasteiger partial charge in [0.05, 0.1) is 17.7 Å². The molecule has 0 radical (unpaired) electrons. The summed E-state index contributed by atoms with van der Waals surface area (Å²) in [5, 5.41) is 2.36. The van der Waals surface area contributed by atoms with Gasteiger partial charge >= 0.3 is 5.97 Å². The summed E-state index contributed by atoms with van der Waals surface area (Å²) < 4.78 is 4.77. The van der Waals surface area contributed by atoms with E-state index >= 15 is 0 Å². The Labute approximate surface area is 139 Å². The molecule has 1 aromatic carbocycles. The molecule has 0 saturated carbocycles. The number of imide groups is 1. The van der Waals surface area contributed by atoms with Crippen molar-refractivity contribution in [1.82, 2.24) is 10.2 Å². The molecule has 1 aromatic rings. The summed E-state index contributed by atoms with van der Waals surface area (Å²) in [7, 11) is 0. The van der Waals surface area contributed by atoms with E-state index < -0.39 is 18.5 Å². The Morgan fingerprint density at radius 2 is 1.79 bits per heavy atom. The van der Waals surface area contributed by atoms with E-state index in [4.69, 9.17) is 11.2 Å². The van der Waals surface area contributed by atoms with Crippen LogP contribution in [-0.2, 0) is 14.3 Å². The minimum Gasteiger partial charge on any atom is -0.456 e. The van der Waals surface area contributed by atoms with Crippen LogP contribution in [0.1, 0.15) is 33.6 Å². The Bertz CT molecular complexity index is 685. The maximum atomic E-state index is 12.1. The summed E-state index contributed by atoms with van der Waals surface area (Å²) in [6.45, 7) is -0.228. The molecule has 0 fully saturated rings. The molecule has 0 bridgehead atoms. The Hall–Kier alpha value is -3.14. The third-order valence-electron chi connectivity index (χ3n) is 3.39. The van der Waals surface area contributed by atoms with Gasteiger partial charge in [-0.05, 0) is 18.6 Å². The van der Waals surface area contributed by atoms with Crippen molar-refractivity contribution in [2.24, 2.45) is 0 Å². The molecular weight excluding hydrogens is 312 g/mol. The van der Waals surface area contributed by atoms with Crippen LogP contribution in [0.15, 0.2) is 24.3 Å². The molecule has 7 nitrogen and oxygen atoms in total. The van der Waals surface area contributed by atoms with Crippen molar-refractivity contribution in [3.05, 3.63) is 35.4 Å². The van der Waals surface area contributed by atoms with Gasteiger partial charge in [0.1, 0.15) is 0 Å². The van der Waals surface area contributed by atoms with E-state index in [9.17, 15) is 19.2 Å². The first kappa shape index (κ1) is 17.2. The standard InChI is InChI=1S/C17H16N2O5/c1-2-9-18-14(20)11-24-15(21)8-5-10-19-16(22)12-6-3-4-7-13(12)17(19)23/h1,3-4,6-7H,5,8-11H2,(H,18,20). The number of terminal acetylenes is 1. The van der Waals surface area contributed by atoms with Crippen molar-refractivity contribution < 1.29 is 23.9 Å². The minimum absolute atomic E-state index is 0.00414. The molecule has 7 heteroatoms. The van der Waals surface area contributed by atoms with E-state index in [2.05, 4.69) is 11.2 Å². The summed E-state index contributed by atoms with van der Waals surface area (Å²) in [5.74, 6) is 0.434. The van der Waals surface area contributed by atoms with Crippen LogP contribution in [0, 0.1) is 12.3 Å². The highest BCUT2D eigenvalue weighted by Gasteiger charge is 2.34. The lowest BCUT2D eigenvalue weighted by Crippen LogP contribution is -2.31. The topological polar surface area (TPSA) is 92.8 Å². The fourth-order valence-corrected chi connectivity index (χ4v) is 2.24. The number of carbonyl (C=O) groups is 4. The van der Waals surface area contributed by atoms with Crippen LogP contribution in [0.3, 0.4) is 0 Å². The number of hydrogen-bond donors (Lipinski definition) is 1. The highest BCUT2D eigenvalue weighted by Crippen LogP contribution is 2.22. The van der Waals surface area contributed by atoms with Gasteiger partial charge in [0.25, 0.3) is 17.7 Å². The van der Waals surface area contributed by atoms with Gasteiger partial charge in [-0.25, -0.2) is 0 Å². The van der Waals surface area contributed by atoms with Gasteiger partial charge < -0.3 is 10.1 Å². The maximum Gasteiger partial charge on any atom is 0.306 e. The van der Waals surface area contributed by atoms with Gasteiger partial charge in [-0.2, -0.15) is 0 Å². The molecule has 0 aliphatic carbocycles. The third kappa shape index (κ3) is 3.98. The molecule has 1 aliphatic heterocycles. The Balaban J connectivity index is 1.74. The van der Waals surface area contributed by atoms with E-state index in [1.165, 1.54) is 0 Å². The lowest BCUT2D eigenvalue weighted by atomic mass is 10.1. The van der Waals surface area contributed by atoms with E-state index in [1.54, 1.807) is 24.3 Å². The van der Waals surface area contributed by atoms with Crippen LogP contribution in [0.2, 0.25) is 0 Å². The van der Waals surface area contributed by atoms with Crippen molar-refractivity contribution in [1.29, 1.82) is 0 Å². The average Bonchev–Trinajstić information content (AvgIpc) is 2.83. The average molecular weight is 328 g/mol. The second-order valence-electron chi connectivity index (χ2n) is 5.05. The summed E-state index contributed by atoms with van der Waals surface area (Å²) in [6, 6.07) is 6.57. The molecule has 0 unspecified atom stereocenters. The summed E-state index contributed by atoms with van der Waals surface area (Å²) >= 11 is 0. The lowest BCUT2D eigenvalue weighted by molar-refractivity contribution is -0.148. The summed E-state index contributed by atoms with van der Waals surface area (Å²) in [6.07, 6.45) is 5.24. The molecule has 0 spiro atoms. The number of esters is 1. The van der Waals surface area contributed by atoms with Crippen LogP contribution in [0.5, 0.6) is 0 Å². The highest BCUT2D eigenvalue weighted by atomic mass is 16.5. The number of rotatable bonds is 7. The number of ether oxygens (including phenoxy) is 1. The zero-order chi connectivity index (χ0) is 17.5. The van der Waals surface area contributed by atoms with Crippen LogP contribution < -0.4 is 5.32 Å². The largest absolute Gasteiger partial charge is 0.456 e. The zero-order valence-electron chi connectivity index (χ0n) is 12.9. The third-order valence-corrected chi connectivity index (χ3v) is 3.39. The summed E-state index contributed by atoms with van der Waals surface area (Å²) in [5.41, 5.74) is 0.741. The first-order valence-electron chi connectivity index (χ1n) is 7.35. The molecule has 1 heterocycles. The molecule has 1 aliphatic rings. The quantitative estimate of drug-likeness (QED) is 0.443. The first-order valence-corrected chi connectivity index (χ1v) is 7.35. The number of fused-ring (bicyclic) bond motifs is 1. The number of amides is 3. The molecule has 0 saturated heterocycles. The summed E-state index contributed by atoms with van der Waals surface area (Å²) in [4.78, 5) is 48.1. The Kier molecular flexibility index (Phi) is 5.68. The van der Waals surface area contributed by atoms with Crippen molar-refractivity contribution in [2.45, 2.75) is 12.8 Å². The molecule has 3 amide bonds. The molecule has 0 aromatic heterocycles. The Morgan fingerprint density at radius 3 is 2.38 bits per heavy atom. The Morgan fingerprint density at radius 1 is 1.17 bits per heavy atom.